The Morgan fingerprint density at radius 3 is 2.87 bits per heavy atom. The number of carbonyl (C=O) groups excluding carboxylic acids is 1. The van der Waals surface area contributed by atoms with Crippen molar-refractivity contribution in [3.05, 3.63) is 33.8 Å². The molecule has 2 aliphatic rings. The molecule has 4 nitrogen and oxygen atoms in total. The molecule has 2 saturated heterocycles. The van der Waals surface area contributed by atoms with Gasteiger partial charge in [0, 0.05) is 32.2 Å². The quantitative estimate of drug-likeness (QED) is 0.886. The fourth-order valence-electron chi connectivity index (χ4n) is 3.38. The number of ether oxygens (including phenoxy) is 1. The van der Waals surface area contributed by atoms with Gasteiger partial charge in [-0.2, -0.15) is 0 Å². The van der Waals surface area contributed by atoms with Gasteiger partial charge in [0.1, 0.15) is 0 Å². The second-order valence-corrected chi connectivity index (χ2v) is 7.03. The topological polar surface area (TPSA) is 41.6 Å². The molecule has 2 heterocycles. The van der Waals surface area contributed by atoms with Gasteiger partial charge in [0.15, 0.2) is 0 Å². The molecule has 0 unspecified atom stereocenters. The highest BCUT2D eigenvalue weighted by atomic mass is 35.5. The molecule has 126 valence electrons. The lowest BCUT2D eigenvalue weighted by molar-refractivity contribution is 0.0243. The molecule has 2 amide bonds. The van der Waals surface area contributed by atoms with Crippen LogP contribution in [0.4, 0.5) is 4.79 Å². The average Bonchev–Trinajstić information content (AvgIpc) is 2.78. The monoisotopic (exact) mass is 356 g/mol. The molecule has 0 spiro atoms. The number of carbonyl (C=O) groups is 1. The highest BCUT2D eigenvalue weighted by Gasteiger charge is 2.30. The summed E-state index contributed by atoms with van der Waals surface area (Å²) in [6.45, 7) is 2.92. The summed E-state index contributed by atoms with van der Waals surface area (Å²) >= 11 is 12.2. The first kappa shape index (κ1) is 16.9. The first-order valence-corrected chi connectivity index (χ1v) is 9.00. The van der Waals surface area contributed by atoms with Crippen molar-refractivity contribution in [3.63, 3.8) is 0 Å². The third kappa shape index (κ3) is 4.11. The molecule has 6 heteroatoms. The molecule has 23 heavy (non-hydrogen) atoms. The van der Waals surface area contributed by atoms with Gasteiger partial charge in [-0.15, -0.1) is 0 Å². The molecule has 3 rings (SSSR count). The van der Waals surface area contributed by atoms with Crippen molar-refractivity contribution in [2.75, 3.05) is 26.2 Å². The van der Waals surface area contributed by atoms with Crippen LogP contribution < -0.4 is 5.32 Å². The minimum Gasteiger partial charge on any atom is -0.376 e. The van der Waals surface area contributed by atoms with E-state index >= 15 is 0 Å². The van der Waals surface area contributed by atoms with E-state index in [9.17, 15) is 4.79 Å². The maximum absolute atomic E-state index is 12.0. The number of nitrogens with zero attached hydrogens (tertiary/aromatic N) is 1. The third-order valence-corrected chi connectivity index (χ3v) is 5.37. The van der Waals surface area contributed by atoms with Gasteiger partial charge in [-0.3, -0.25) is 0 Å². The van der Waals surface area contributed by atoms with Crippen molar-refractivity contribution in [3.8, 4) is 0 Å². The molecule has 1 aromatic rings. The Balaban J connectivity index is 1.79. The number of hydrogen-bond donors (Lipinski definition) is 1. The molecule has 0 aliphatic carbocycles. The van der Waals surface area contributed by atoms with Crippen LogP contribution in [0.5, 0.6) is 0 Å². The standard InChI is InChI=1S/C17H22Cl2N2O2/c18-14-6-5-12(10-15(14)19)13-4-1-2-9-23-16(13)11-21-8-3-7-20-17(21)22/h5-6,10,13,16H,1-4,7-9,11H2,(H,20,22)/t13-,16+/m0/s1. The third-order valence-electron chi connectivity index (χ3n) is 4.63. The number of nitrogens with one attached hydrogen (secondary N) is 1. The molecule has 2 atom stereocenters. The van der Waals surface area contributed by atoms with Crippen molar-refractivity contribution in [1.82, 2.24) is 10.2 Å². The van der Waals surface area contributed by atoms with Gasteiger partial charge in [0.25, 0.3) is 0 Å². The molecule has 0 aromatic heterocycles. The van der Waals surface area contributed by atoms with Gasteiger partial charge < -0.3 is 15.0 Å². The van der Waals surface area contributed by atoms with E-state index in [2.05, 4.69) is 5.32 Å². The van der Waals surface area contributed by atoms with Gasteiger partial charge in [-0.05, 0) is 37.0 Å². The predicted molar refractivity (Wildman–Crippen MR) is 92.4 cm³/mol. The zero-order chi connectivity index (χ0) is 16.2. The average molecular weight is 357 g/mol. The lowest BCUT2D eigenvalue weighted by Gasteiger charge is -2.34. The lowest BCUT2D eigenvalue weighted by atomic mass is 9.89. The fraction of sp³-hybridized carbons (Fsp3) is 0.588. The molecule has 0 saturated carbocycles. The molecule has 0 radical (unpaired) electrons. The number of benzene rings is 1. The molecule has 0 bridgehead atoms. The molecule has 2 fully saturated rings. The van der Waals surface area contributed by atoms with E-state index < -0.39 is 0 Å². The predicted octanol–water partition coefficient (Wildman–Crippen LogP) is 4.06. The van der Waals surface area contributed by atoms with Crippen LogP contribution in [-0.4, -0.2) is 43.3 Å². The van der Waals surface area contributed by atoms with Crippen molar-refractivity contribution in [2.45, 2.75) is 37.7 Å². The Hall–Kier alpha value is -0.970. The summed E-state index contributed by atoms with van der Waals surface area (Å²) < 4.78 is 6.09. The lowest BCUT2D eigenvalue weighted by Crippen LogP contribution is -2.50. The summed E-state index contributed by atoms with van der Waals surface area (Å²) in [5.74, 6) is 0.238. The van der Waals surface area contributed by atoms with E-state index in [0.29, 0.717) is 16.6 Å². The van der Waals surface area contributed by atoms with Crippen LogP contribution in [-0.2, 0) is 4.74 Å². The van der Waals surface area contributed by atoms with Crippen LogP contribution in [0.1, 0.15) is 37.2 Å². The largest absolute Gasteiger partial charge is 0.376 e. The SMILES string of the molecule is O=C1NCCCN1C[C@H]1OCCCC[C@H]1c1ccc(Cl)c(Cl)c1. The van der Waals surface area contributed by atoms with E-state index in [-0.39, 0.29) is 18.1 Å². The minimum absolute atomic E-state index is 0.00130. The molecule has 2 aliphatic heterocycles. The molecular weight excluding hydrogens is 335 g/mol. The first-order valence-electron chi connectivity index (χ1n) is 8.24. The number of rotatable bonds is 3. The number of urea groups is 1. The van der Waals surface area contributed by atoms with E-state index in [1.54, 1.807) is 0 Å². The summed E-state index contributed by atoms with van der Waals surface area (Å²) in [5.41, 5.74) is 1.14. The summed E-state index contributed by atoms with van der Waals surface area (Å²) in [6.07, 6.45) is 4.20. The second kappa shape index (κ2) is 7.73. The van der Waals surface area contributed by atoms with Gasteiger partial charge in [-0.1, -0.05) is 35.7 Å². The summed E-state index contributed by atoms with van der Waals surface area (Å²) in [5, 5.41) is 4.04. The normalized spacial score (nSPS) is 25.8. The Morgan fingerprint density at radius 1 is 1.22 bits per heavy atom. The van der Waals surface area contributed by atoms with Crippen LogP contribution in [0.3, 0.4) is 0 Å². The highest BCUT2D eigenvalue weighted by molar-refractivity contribution is 6.42. The fourth-order valence-corrected chi connectivity index (χ4v) is 3.68. The smallest absolute Gasteiger partial charge is 0.317 e. The number of halogens is 2. The van der Waals surface area contributed by atoms with Crippen molar-refractivity contribution in [1.29, 1.82) is 0 Å². The van der Waals surface area contributed by atoms with E-state index in [1.165, 1.54) is 0 Å². The maximum Gasteiger partial charge on any atom is 0.317 e. The minimum atomic E-state index is -0.00130. The van der Waals surface area contributed by atoms with Gasteiger partial charge in [0.05, 0.1) is 16.1 Å². The summed E-state index contributed by atoms with van der Waals surface area (Å²) in [4.78, 5) is 13.9. The summed E-state index contributed by atoms with van der Waals surface area (Å²) in [7, 11) is 0. The Labute approximate surface area is 147 Å². The van der Waals surface area contributed by atoms with Crippen molar-refractivity contribution in [2.24, 2.45) is 0 Å². The Morgan fingerprint density at radius 2 is 2.09 bits per heavy atom. The molecular formula is C17H22Cl2N2O2. The zero-order valence-electron chi connectivity index (χ0n) is 13.1. The van der Waals surface area contributed by atoms with Crippen LogP contribution >= 0.6 is 23.2 Å². The Bertz CT molecular complexity index is 568. The second-order valence-electron chi connectivity index (χ2n) is 6.22. The van der Waals surface area contributed by atoms with E-state index in [1.807, 2.05) is 23.1 Å². The van der Waals surface area contributed by atoms with Crippen molar-refractivity contribution < 1.29 is 9.53 Å². The van der Waals surface area contributed by atoms with Crippen LogP contribution in [0.2, 0.25) is 10.0 Å². The van der Waals surface area contributed by atoms with Crippen LogP contribution in [0.15, 0.2) is 18.2 Å². The molecule has 1 aromatic carbocycles. The number of amides is 2. The van der Waals surface area contributed by atoms with Gasteiger partial charge in [-0.25, -0.2) is 4.79 Å². The zero-order valence-corrected chi connectivity index (χ0v) is 14.6. The maximum atomic E-state index is 12.0. The van der Waals surface area contributed by atoms with Gasteiger partial charge >= 0.3 is 6.03 Å². The molecule has 1 N–H and O–H groups in total. The highest BCUT2D eigenvalue weighted by Crippen LogP contribution is 2.34. The first-order chi connectivity index (χ1) is 11.1. The van der Waals surface area contributed by atoms with Crippen molar-refractivity contribution >= 4 is 29.2 Å². The van der Waals surface area contributed by atoms with Gasteiger partial charge in [0.2, 0.25) is 0 Å². The number of hydrogen-bond acceptors (Lipinski definition) is 2. The van der Waals surface area contributed by atoms with Crippen LogP contribution in [0.25, 0.3) is 0 Å². The Kier molecular flexibility index (Phi) is 5.67. The summed E-state index contributed by atoms with van der Waals surface area (Å²) in [6, 6.07) is 5.81. The van der Waals surface area contributed by atoms with E-state index in [4.69, 9.17) is 27.9 Å². The van der Waals surface area contributed by atoms with Crippen LogP contribution in [0, 0.1) is 0 Å². The van der Waals surface area contributed by atoms with E-state index in [0.717, 1.165) is 50.9 Å².